The number of aryl methyl sites for hydroxylation is 1. The van der Waals surface area contributed by atoms with E-state index in [2.05, 4.69) is 40.3 Å². The fraction of sp³-hybridized carbons (Fsp3) is 0.300. The van der Waals surface area contributed by atoms with Crippen molar-refractivity contribution < 1.29 is 14.3 Å². The van der Waals surface area contributed by atoms with E-state index in [1.165, 1.54) is 6.21 Å². The number of hydrazone groups is 1. The second kappa shape index (κ2) is 9.38. The van der Waals surface area contributed by atoms with Gasteiger partial charge in [0.05, 0.1) is 13.3 Å². The van der Waals surface area contributed by atoms with Crippen LogP contribution in [0.2, 0.25) is 0 Å². The Morgan fingerprint density at radius 2 is 2.00 bits per heavy atom. The zero-order valence-electron chi connectivity index (χ0n) is 15.4. The van der Waals surface area contributed by atoms with E-state index in [-0.39, 0.29) is 12.5 Å². The number of carbonyl (C=O) groups excluding carboxylic acids is 1. The van der Waals surface area contributed by atoms with E-state index in [1.54, 1.807) is 7.11 Å². The summed E-state index contributed by atoms with van der Waals surface area (Å²) < 4.78 is 11.8. The second-order valence-electron chi connectivity index (χ2n) is 6.16. The molecule has 1 N–H and O–H groups in total. The number of methoxy groups -OCH3 is 1. The highest BCUT2D eigenvalue weighted by Crippen LogP contribution is 2.27. The van der Waals surface area contributed by atoms with Gasteiger partial charge < -0.3 is 9.47 Å². The molecule has 0 radical (unpaired) electrons. The highest BCUT2D eigenvalue weighted by atomic mass is 79.9. The predicted molar refractivity (Wildman–Crippen MR) is 107 cm³/mol. The number of rotatable bonds is 7. The molecule has 2 aromatic rings. The van der Waals surface area contributed by atoms with E-state index in [0.717, 1.165) is 26.9 Å². The SMILES string of the molecule is COc1ccc(Br)cc1C=NNC(=O)COc1cc(C)ccc1C(C)C. The Morgan fingerprint density at radius 1 is 1.23 bits per heavy atom. The van der Waals surface area contributed by atoms with E-state index in [0.29, 0.717) is 11.7 Å². The van der Waals surface area contributed by atoms with Crippen LogP contribution in [0.4, 0.5) is 0 Å². The van der Waals surface area contributed by atoms with Crippen molar-refractivity contribution >= 4 is 28.1 Å². The Bertz CT molecular complexity index is 804. The van der Waals surface area contributed by atoms with Crippen LogP contribution in [-0.2, 0) is 4.79 Å². The van der Waals surface area contributed by atoms with Crippen LogP contribution in [0.1, 0.15) is 36.5 Å². The van der Waals surface area contributed by atoms with Gasteiger partial charge in [-0.3, -0.25) is 4.79 Å². The van der Waals surface area contributed by atoms with Gasteiger partial charge >= 0.3 is 0 Å². The topological polar surface area (TPSA) is 59.9 Å². The van der Waals surface area contributed by atoms with Gasteiger partial charge in [0.2, 0.25) is 0 Å². The molecule has 1 amide bonds. The summed E-state index contributed by atoms with van der Waals surface area (Å²) in [5.74, 6) is 1.39. The minimum atomic E-state index is -0.327. The number of halogens is 1. The van der Waals surface area contributed by atoms with Crippen molar-refractivity contribution in [2.24, 2.45) is 5.10 Å². The Hall–Kier alpha value is -2.34. The molecule has 138 valence electrons. The molecule has 2 rings (SSSR count). The van der Waals surface area contributed by atoms with Crippen LogP contribution in [0.25, 0.3) is 0 Å². The fourth-order valence-electron chi connectivity index (χ4n) is 2.40. The Kier molecular flexibility index (Phi) is 7.21. The molecule has 0 aliphatic heterocycles. The number of carbonyl (C=O) groups is 1. The molecular weight excluding hydrogens is 396 g/mol. The van der Waals surface area contributed by atoms with Crippen molar-refractivity contribution in [3.05, 3.63) is 57.6 Å². The fourth-order valence-corrected chi connectivity index (χ4v) is 2.78. The summed E-state index contributed by atoms with van der Waals surface area (Å²) >= 11 is 3.40. The van der Waals surface area contributed by atoms with Gasteiger partial charge in [0.1, 0.15) is 11.5 Å². The van der Waals surface area contributed by atoms with Gasteiger partial charge in [-0.15, -0.1) is 0 Å². The molecule has 0 saturated carbocycles. The van der Waals surface area contributed by atoms with Crippen molar-refractivity contribution in [2.45, 2.75) is 26.7 Å². The normalized spacial score (nSPS) is 11.0. The van der Waals surface area contributed by atoms with E-state index < -0.39 is 0 Å². The van der Waals surface area contributed by atoms with Gasteiger partial charge in [-0.05, 0) is 48.2 Å². The van der Waals surface area contributed by atoms with E-state index in [1.807, 2.05) is 43.3 Å². The molecule has 0 atom stereocenters. The maximum atomic E-state index is 12.0. The summed E-state index contributed by atoms with van der Waals surface area (Å²) in [7, 11) is 1.58. The summed E-state index contributed by atoms with van der Waals surface area (Å²) in [4.78, 5) is 12.0. The molecule has 0 unspecified atom stereocenters. The lowest BCUT2D eigenvalue weighted by Gasteiger charge is -2.14. The molecule has 0 bridgehead atoms. The number of ether oxygens (including phenoxy) is 2. The van der Waals surface area contributed by atoms with Crippen molar-refractivity contribution in [1.29, 1.82) is 0 Å². The van der Waals surface area contributed by atoms with Crippen LogP contribution in [0.15, 0.2) is 46.0 Å². The first-order valence-electron chi connectivity index (χ1n) is 8.29. The minimum Gasteiger partial charge on any atom is -0.496 e. The average Bonchev–Trinajstić information content (AvgIpc) is 2.60. The summed E-state index contributed by atoms with van der Waals surface area (Å²) in [6, 6.07) is 11.6. The molecule has 5 nitrogen and oxygen atoms in total. The number of amides is 1. The molecule has 0 heterocycles. The van der Waals surface area contributed by atoms with Gasteiger partial charge in [-0.25, -0.2) is 5.43 Å². The number of benzene rings is 2. The van der Waals surface area contributed by atoms with Crippen LogP contribution in [0.5, 0.6) is 11.5 Å². The summed E-state index contributed by atoms with van der Waals surface area (Å²) in [6.45, 7) is 6.07. The highest BCUT2D eigenvalue weighted by molar-refractivity contribution is 9.10. The average molecular weight is 419 g/mol. The minimum absolute atomic E-state index is 0.101. The van der Waals surface area contributed by atoms with Crippen molar-refractivity contribution in [3.63, 3.8) is 0 Å². The lowest BCUT2D eigenvalue weighted by molar-refractivity contribution is -0.123. The zero-order chi connectivity index (χ0) is 19.1. The van der Waals surface area contributed by atoms with Crippen LogP contribution in [-0.4, -0.2) is 25.8 Å². The van der Waals surface area contributed by atoms with E-state index >= 15 is 0 Å². The van der Waals surface area contributed by atoms with Crippen molar-refractivity contribution in [2.75, 3.05) is 13.7 Å². The molecule has 0 saturated heterocycles. The molecular formula is C20H23BrN2O3. The molecule has 0 spiro atoms. The molecule has 0 aliphatic carbocycles. The maximum Gasteiger partial charge on any atom is 0.277 e. The van der Waals surface area contributed by atoms with Gasteiger partial charge in [-0.1, -0.05) is 41.9 Å². The smallest absolute Gasteiger partial charge is 0.277 e. The van der Waals surface area contributed by atoms with E-state index in [4.69, 9.17) is 9.47 Å². The monoisotopic (exact) mass is 418 g/mol. The van der Waals surface area contributed by atoms with Crippen LogP contribution in [0.3, 0.4) is 0 Å². The summed E-state index contributed by atoms with van der Waals surface area (Å²) in [5.41, 5.74) is 5.39. The van der Waals surface area contributed by atoms with Crippen molar-refractivity contribution in [1.82, 2.24) is 5.43 Å². The Balaban J connectivity index is 1.96. The van der Waals surface area contributed by atoms with Gasteiger partial charge in [0, 0.05) is 10.0 Å². The largest absolute Gasteiger partial charge is 0.496 e. The third-order valence-corrected chi connectivity index (χ3v) is 4.23. The third-order valence-electron chi connectivity index (χ3n) is 3.73. The quantitative estimate of drug-likeness (QED) is 0.534. The van der Waals surface area contributed by atoms with Gasteiger partial charge in [-0.2, -0.15) is 5.10 Å². The van der Waals surface area contributed by atoms with Crippen LogP contribution < -0.4 is 14.9 Å². The number of nitrogens with one attached hydrogen (secondary N) is 1. The first kappa shape index (κ1) is 20.0. The molecule has 0 fully saturated rings. The number of nitrogens with zero attached hydrogens (tertiary/aromatic N) is 1. The molecule has 0 aliphatic rings. The Morgan fingerprint density at radius 3 is 2.69 bits per heavy atom. The molecule has 2 aromatic carbocycles. The first-order valence-corrected chi connectivity index (χ1v) is 9.08. The lowest BCUT2D eigenvalue weighted by atomic mass is 10.0. The standard InChI is InChI=1S/C20H23BrN2O3/c1-13(2)17-7-5-14(3)9-19(17)26-12-20(24)23-22-11-15-10-16(21)6-8-18(15)25-4/h5-11,13H,12H2,1-4H3,(H,23,24). The molecule has 6 heteroatoms. The Labute approximate surface area is 162 Å². The first-order chi connectivity index (χ1) is 12.4. The van der Waals surface area contributed by atoms with Gasteiger partial charge in [0.15, 0.2) is 6.61 Å². The third kappa shape index (κ3) is 5.59. The number of hydrogen-bond donors (Lipinski definition) is 1. The predicted octanol–water partition coefficient (Wildman–Crippen LogP) is 4.42. The zero-order valence-corrected chi connectivity index (χ0v) is 17.0. The highest BCUT2D eigenvalue weighted by Gasteiger charge is 2.10. The second-order valence-corrected chi connectivity index (χ2v) is 7.08. The molecule has 0 aromatic heterocycles. The van der Waals surface area contributed by atoms with Crippen LogP contribution in [0, 0.1) is 6.92 Å². The van der Waals surface area contributed by atoms with Crippen LogP contribution >= 0.6 is 15.9 Å². The van der Waals surface area contributed by atoms with Gasteiger partial charge in [0.25, 0.3) is 5.91 Å². The summed E-state index contributed by atoms with van der Waals surface area (Å²) in [6.07, 6.45) is 1.54. The number of hydrogen-bond acceptors (Lipinski definition) is 4. The lowest BCUT2D eigenvalue weighted by Crippen LogP contribution is -2.25. The maximum absolute atomic E-state index is 12.0. The van der Waals surface area contributed by atoms with Crippen molar-refractivity contribution in [3.8, 4) is 11.5 Å². The molecule has 26 heavy (non-hydrogen) atoms. The van der Waals surface area contributed by atoms with E-state index in [9.17, 15) is 4.79 Å². The summed E-state index contributed by atoms with van der Waals surface area (Å²) in [5, 5.41) is 3.97.